The van der Waals surface area contributed by atoms with Gasteiger partial charge >= 0.3 is 0 Å². The molecule has 0 spiro atoms. The summed E-state index contributed by atoms with van der Waals surface area (Å²) in [6, 6.07) is 10.5. The molecular weight excluding hydrogens is 443 g/mol. The van der Waals surface area contributed by atoms with Gasteiger partial charge in [-0.3, -0.25) is 20.4 Å². The molecule has 0 aliphatic carbocycles. The lowest BCUT2D eigenvalue weighted by molar-refractivity contribution is -0.123. The van der Waals surface area contributed by atoms with Crippen molar-refractivity contribution in [3.8, 4) is 5.75 Å². The van der Waals surface area contributed by atoms with E-state index in [1.54, 1.807) is 30.3 Å². The monoisotopic (exact) mass is 458 g/mol. The molecule has 0 radical (unpaired) electrons. The van der Waals surface area contributed by atoms with Gasteiger partial charge in [0.1, 0.15) is 5.75 Å². The zero-order valence-electron chi connectivity index (χ0n) is 13.2. The maximum Gasteiger partial charge on any atom is 0.276 e. The predicted molar refractivity (Wildman–Crippen MR) is 101 cm³/mol. The summed E-state index contributed by atoms with van der Waals surface area (Å²) in [5, 5.41) is 0.677. The van der Waals surface area contributed by atoms with Crippen molar-refractivity contribution < 1.29 is 14.3 Å². The van der Waals surface area contributed by atoms with Gasteiger partial charge in [-0.05, 0) is 77.9 Å². The van der Waals surface area contributed by atoms with Crippen LogP contribution in [0.5, 0.6) is 5.75 Å². The minimum Gasteiger partial charge on any atom is -0.484 e. The molecule has 5 nitrogen and oxygen atoms in total. The Morgan fingerprint density at radius 1 is 1.12 bits per heavy atom. The summed E-state index contributed by atoms with van der Waals surface area (Å²) in [5.74, 6) is -0.298. The zero-order chi connectivity index (χ0) is 17.7. The van der Waals surface area contributed by atoms with E-state index in [-0.39, 0.29) is 12.5 Å². The highest BCUT2D eigenvalue weighted by Gasteiger charge is 2.09. The van der Waals surface area contributed by atoms with Gasteiger partial charge < -0.3 is 4.74 Å². The van der Waals surface area contributed by atoms with E-state index in [1.165, 1.54) is 0 Å². The van der Waals surface area contributed by atoms with Gasteiger partial charge in [-0.25, -0.2) is 0 Å². The molecule has 2 aromatic carbocycles. The summed E-state index contributed by atoms with van der Waals surface area (Å²) in [6.07, 6.45) is 0. The molecule has 0 heterocycles. The van der Waals surface area contributed by atoms with E-state index in [0.717, 1.165) is 14.7 Å². The van der Waals surface area contributed by atoms with E-state index in [2.05, 4.69) is 33.4 Å². The molecule has 0 aromatic heterocycles. The summed E-state index contributed by atoms with van der Waals surface area (Å²) in [4.78, 5) is 23.7. The summed E-state index contributed by atoms with van der Waals surface area (Å²) >= 11 is 8.19. The van der Waals surface area contributed by atoms with Crippen LogP contribution in [0.3, 0.4) is 0 Å². The largest absolute Gasteiger partial charge is 0.484 e. The third-order valence-corrected chi connectivity index (χ3v) is 4.45. The predicted octanol–water partition coefficient (Wildman–Crippen LogP) is 3.40. The van der Waals surface area contributed by atoms with Crippen LogP contribution in [0, 0.1) is 17.4 Å². The normalized spacial score (nSPS) is 10.2. The van der Waals surface area contributed by atoms with Crippen LogP contribution < -0.4 is 15.6 Å². The number of carbonyl (C=O) groups excluding carboxylic acids is 2. The van der Waals surface area contributed by atoms with Crippen molar-refractivity contribution in [2.24, 2.45) is 0 Å². The van der Waals surface area contributed by atoms with Crippen LogP contribution in [0.1, 0.15) is 21.5 Å². The number of hydrogen-bond acceptors (Lipinski definition) is 3. The van der Waals surface area contributed by atoms with Crippen molar-refractivity contribution in [1.82, 2.24) is 10.9 Å². The van der Waals surface area contributed by atoms with Crippen LogP contribution in [0.4, 0.5) is 0 Å². The van der Waals surface area contributed by atoms with Crippen molar-refractivity contribution >= 4 is 46.0 Å². The van der Waals surface area contributed by atoms with Crippen molar-refractivity contribution in [3.05, 3.63) is 61.7 Å². The van der Waals surface area contributed by atoms with Gasteiger partial charge in [0.2, 0.25) is 0 Å². The van der Waals surface area contributed by atoms with Gasteiger partial charge in [-0.2, -0.15) is 0 Å². The van der Waals surface area contributed by atoms with Crippen LogP contribution in [-0.2, 0) is 4.79 Å². The van der Waals surface area contributed by atoms with Crippen molar-refractivity contribution in [2.75, 3.05) is 6.61 Å². The second kappa shape index (κ2) is 8.34. The van der Waals surface area contributed by atoms with Gasteiger partial charge in [0.15, 0.2) is 6.61 Å². The number of amides is 2. The van der Waals surface area contributed by atoms with Crippen molar-refractivity contribution in [3.63, 3.8) is 0 Å². The summed E-state index contributed by atoms with van der Waals surface area (Å²) < 4.78 is 6.35. The highest BCUT2D eigenvalue weighted by atomic mass is 127. The molecule has 2 amide bonds. The third kappa shape index (κ3) is 5.10. The molecule has 0 saturated heterocycles. The van der Waals surface area contributed by atoms with Crippen LogP contribution >= 0.6 is 34.2 Å². The lowest BCUT2D eigenvalue weighted by Crippen LogP contribution is -2.43. The first-order chi connectivity index (χ1) is 11.4. The fraction of sp³-hybridized carbons (Fsp3) is 0.176. The number of carbonyl (C=O) groups is 2. The van der Waals surface area contributed by atoms with Crippen LogP contribution in [-0.4, -0.2) is 18.4 Å². The van der Waals surface area contributed by atoms with E-state index < -0.39 is 5.91 Å². The quantitative estimate of drug-likeness (QED) is 0.545. The Kier molecular flexibility index (Phi) is 6.44. The van der Waals surface area contributed by atoms with E-state index in [0.29, 0.717) is 16.3 Å². The van der Waals surface area contributed by atoms with E-state index in [4.69, 9.17) is 16.3 Å². The first-order valence-corrected chi connectivity index (χ1v) is 8.57. The number of rotatable bonds is 4. The fourth-order valence-corrected chi connectivity index (χ4v) is 2.66. The Morgan fingerprint density at radius 3 is 2.42 bits per heavy atom. The Bertz CT molecular complexity index is 757. The SMILES string of the molecule is Cc1cc(OCC(=O)NNC(=O)c2cccc(I)c2)cc(C)c1Cl. The molecule has 0 fully saturated rings. The minimum atomic E-state index is -0.459. The summed E-state index contributed by atoms with van der Waals surface area (Å²) in [7, 11) is 0. The maximum absolute atomic E-state index is 11.9. The summed E-state index contributed by atoms with van der Waals surface area (Å²) in [5.41, 5.74) is 6.88. The molecule has 0 unspecified atom stereocenters. The fourth-order valence-electron chi connectivity index (χ4n) is 2.00. The van der Waals surface area contributed by atoms with E-state index >= 15 is 0 Å². The maximum atomic E-state index is 11.9. The Balaban J connectivity index is 1.84. The first-order valence-electron chi connectivity index (χ1n) is 7.11. The van der Waals surface area contributed by atoms with E-state index in [1.807, 2.05) is 19.9 Å². The molecule has 0 saturated carbocycles. The van der Waals surface area contributed by atoms with Gasteiger partial charge in [-0.15, -0.1) is 0 Å². The number of halogens is 2. The Hall–Kier alpha value is -1.80. The molecule has 0 aliphatic rings. The standard InChI is InChI=1S/C17H16ClIN2O3/c1-10-6-14(7-11(2)16(10)18)24-9-15(22)20-21-17(23)12-4-3-5-13(19)8-12/h3-8H,9H2,1-2H3,(H,20,22)(H,21,23). The van der Waals surface area contributed by atoms with Gasteiger partial charge in [0, 0.05) is 14.2 Å². The smallest absolute Gasteiger partial charge is 0.276 e. The second-order valence-electron chi connectivity index (χ2n) is 5.17. The topological polar surface area (TPSA) is 67.4 Å². The average Bonchev–Trinajstić information content (AvgIpc) is 2.55. The average molecular weight is 459 g/mol. The molecular formula is C17H16ClIN2O3. The number of nitrogens with one attached hydrogen (secondary N) is 2. The molecule has 0 aliphatic heterocycles. The molecule has 24 heavy (non-hydrogen) atoms. The second-order valence-corrected chi connectivity index (χ2v) is 6.80. The molecule has 126 valence electrons. The number of hydrazine groups is 1. The molecule has 0 atom stereocenters. The number of hydrogen-bond donors (Lipinski definition) is 2. The first kappa shape index (κ1) is 18.5. The molecule has 2 rings (SSSR count). The molecule has 7 heteroatoms. The molecule has 2 aromatic rings. The van der Waals surface area contributed by atoms with Gasteiger partial charge in [0.05, 0.1) is 0 Å². The molecule has 0 bridgehead atoms. The lowest BCUT2D eigenvalue weighted by Gasteiger charge is -2.11. The van der Waals surface area contributed by atoms with E-state index in [9.17, 15) is 9.59 Å². The Morgan fingerprint density at radius 2 is 1.79 bits per heavy atom. The van der Waals surface area contributed by atoms with Crippen LogP contribution in [0.25, 0.3) is 0 Å². The van der Waals surface area contributed by atoms with Crippen molar-refractivity contribution in [2.45, 2.75) is 13.8 Å². The highest BCUT2D eigenvalue weighted by Crippen LogP contribution is 2.25. The Labute approximate surface area is 158 Å². The highest BCUT2D eigenvalue weighted by molar-refractivity contribution is 14.1. The lowest BCUT2D eigenvalue weighted by atomic mass is 10.1. The van der Waals surface area contributed by atoms with Crippen LogP contribution in [0.15, 0.2) is 36.4 Å². The van der Waals surface area contributed by atoms with Gasteiger partial charge in [0.25, 0.3) is 11.8 Å². The summed E-state index contributed by atoms with van der Waals surface area (Å²) in [6.45, 7) is 3.51. The number of benzene rings is 2. The van der Waals surface area contributed by atoms with Gasteiger partial charge in [-0.1, -0.05) is 17.7 Å². The zero-order valence-corrected chi connectivity index (χ0v) is 16.1. The number of aryl methyl sites for hydroxylation is 2. The minimum absolute atomic E-state index is 0.215. The third-order valence-electron chi connectivity index (χ3n) is 3.18. The molecule has 2 N–H and O–H groups in total. The number of ether oxygens (including phenoxy) is 1. The van der Waals surface area contributed by atoms with Crippen LogP contribution in [0.2, 0.25) is 5.02 Å². The van der Waals surface area contributed by atoms with Crippen molar-refractivity contribution in [1.29, 1.82) is 0 Å².